The number of aromatic nitrogens is 8. The van der Waals surface area contributed by atoms with E-state index in [1.807, 2.05) is 62.7 Å². The van der Waals surface area contributed by atoms with Crippen LogP contribution in [0.25, 0.3) is 22.1 Å². The second kappa shape index (κ2) is 28.8. The maximum absolute atomic E-state index is 15.2. The fourth-order valence-electron chi connectivity index (χ4n) is 8.53. The van der Waals surface area contributed by atoms with Crippen LogP contribution < -0.4 is 58.1 Å². The molecule has 440 valence electrons. The zero-order valence-corrected chi connectivity index (χ0v) is 55.1. The Labute approximate surface area is 530 Å². The van der Waals surface area contributed by atoms with Gasteiger partial charge in [0.05, 0.1) is 44.7 Å². The molecule has 0 spiro atoms. The first-order valence-electron chi connectivity index (χ1n) is 24.9. The fourth-order valence-corrected chi connectivity index (χ4v) is 10.7. The first-order valence-corrected chi connectivity index (χ1v) is 29.8. The Morgan fingerprint density at radius 1 is 0.707 bits per heavy atom. The fraction of sp³-hybridized carbons (Fsp3) is 0.415. The van der Waals surface area contributed by atoms with Crippen molar-refractivity contribution in [3.63, 3.8) is 0 Å². The minimum absolute atomic E-state index is 0. The summed E-state index contributed by atoms with van der Waals surface area (Å²) in [6, 6.07) is 7.65. The Hall–Kier alpha value is -4.87. The average Bonchev–Trinajstić information content (AvgIpc) is 4.30. The van der Waals surface area contributed by atoms with Crippen LogP contribution in [0.4, 0.5) is 18.4 Å². The number of fused-ring (bicyclic) bond motifs is 2. The Morgan fingerprint density at radius 2 is 1.15 bits per heavy atom. The van der Waals surface area contributed by atoms with Gasteiger partial charge in [-0.05, 0) is 104 Å². The SMILES string of the molecule is CC(C)(C)OC(=O)N1CCC(n2cc(F)c3c(C(=O)c4ccc(S(C)(=O)=O)cc4Cl)ncnc32)CC1.CC(C)(C)OC(=O)N1CCC(n2cc(F)c3c(Cl)ncnc32)CC1.CS(=O)(=O)c1ccc(C=O)c(Cl)c1.Cn1cc[n+](C)c1.[H-].[I-].[Na+]. The quantitative estimate of drug-likeness (QED) is 0.0553. The third-order valence-electron chi connectivity index (χ3n) is 12.4. The first kappa shape index (κ1) is 69.6. The maximum Gasteiger partial charge on any atom is 1.00 e. The van der Waals surface area contributed by atoms with E-state index < -0.39 is 54.4 Å². The molecule has 2 fully saturated rings. The molecule has 0 radical (unpaired) electrons. The van der Waals surface area contributed by atoms with Crippen LogP contribution in [0, 0.1) is 11.6 Å². The van der Waals surface area contributed by atoms with E-state index in [4.69, 9.17) is 44.3 Å². The monoisotopic (exact) mass is 1360 g/mol. The van der Waals surface area contributed by atoms with Crippen molar-refractivity contribution < 1.29 is 114 Å². The van der Waals surface area contributed by atoms with E-state index >= 15 is 4.39 Å². The summed E-state index contributed by atoms with van der Waals surface area (Å²) in [4.78, 5) is 67.7. The summed E-state index contributed by atoms with van der Waals surface area (Å²) in [5.74, 6) is -1.73. The van der Waals surface area contributed by atoms with Crippen LogP contribution >= 0.6 is 34.8 Å². The minimum Gasteiger partial charge on any atom is -1.00 e. The summed E-state index contributed by atoms with van der Waals surface area (Å²) in [5.41, 5.74) is -0.246. The van der Waals surface area contributed by atoms with Gasteiger partial charge in [0.2, 0.25) is 12.1 Å². The van der Waals surface area contributed by atoms with Crippen LogP contribution in [0.5, 0.6) is 0 Å². The molecule has 0 N–H and O–H groups in total. The number of ketones is 1. The largest absolute Gasteiger partial charge is 1.00 e. The number of piperidine rings is 2. The third kappa shape index (κ3) is 18.3. The van der Waals surface area contributed by atoms with Crippen molar-refractivity contribution >= 4 is 101 Å². The van der Waals surface area contributed by atoms with Crippen molar-refractivity contribution in [1.29, 1.82) is 0 Å². The number of sulfone groups is 2. The van der Waals surface area contributed by atoms with Crippen LogP contribution in [0.2, 0.25) is 15.2 Å². The summed E-state index contributed by atoms with van der Waals surface area (Å²) in [6.07, 6.45) is 15.7. The molecule has 2 aliphatic rings. The Morgan fingerprint density at radius 3 is 1.54 bits per heavy atom. The van der Waals surface area contributed by atoms with Gasteiger partial charge < -0.3 is 53.8 Å². The van der Waals surface area contributed by atoms with E-state index in [9.17, 15) is 40.4 Å². The van der Waals surface area contributed by atoms with Gasteiger partial charge in [0.15, 0.2) is 37.6 Å². The molecule has 9 rings (SSSR count). The number of hydrogen-bond acceptors (Lipinski definition) is 14. The number of imidazole rings is 1. The van der Waals surface area contributed by atoms with E-state index in [1.54, 1.807) is 39.7 Å². The van der Waals surface area contributed by atoms with E-state index in [1.165, 1.54) is 61.4 Å². The molecule has 2 amide bonds. The summed E-state index contributed by atoms with van der Waals surface area (Å²) < 4.78 is 93.2. The Bertz CT molecular complexity index is 3670. The van der Waals surface area contributed by atoms with E-state index in [2.05, 4.69) is 19.9 Å². The van der Waals surface area contributed by atoms with Crippen LogP contribution in [0.3, 0.4) is 0 Å². The van der Waals surface area contributed by atoms with Crippen molar-refractivity contribution in [2.45, 2.75) is 100 Å². The zero-order chi connectivity index (χ0) is 59.2. The number of aldehydes is 1. The third-order valence-corrected chi connectivity index (χ3v) is 15.5. The smallest absolute Gasteiger partial charge is 1.00 e. The van der Waals surface area contributed by atoms with Crippen molar-refractivity contribution in [3.8, 4) is 0 Å². The van der Waals surface area contributed by atoms with Gasteiger partial charge in [0.25, 0.3) is 0 Å². The summed E-state index contributed by atoms with van der Waals surface area (Å²) >= 11 is 17.8. The predicted molar refractivity (Wildman–Crippen MR) is 298 cm³/mol. The number of carbonyl (C=O) groups is 4. The maximum atomic E-state index is 15.2. The number of benzene rings is 2. The van der Waals surface area contributed by atoms with Crippen molar-refractivity contribution in [2.24, 2.45) is 14.1 Å². The topological polar surface area (TPSA) is 232 Å². The van der Waals surface area contributed by atoms with Gasteiger partial charge in [-0.15, -0.1) is 0 Å². The van der Waals surface area contributed by atoms with Gasteiger partial charge in [0.1, 0.15) is 58.4 Å². The van der Waals surface area contributed by atoms with Crippen LogP contribution in [-0.4, -0.2) is 134 Å². The van der Waals surface area contributed by atoms with E-state index in [-0.39, 0.29) is 131 Å². The number of nitrogens with zero attached hydrogens (tertiary/aromatic N) is 10. The second-order valence-electron chi connectivity index (χ2n) is 21.0. The van der Waals surface area contributed by atoms with Crippen LogP contribution in [0.15, 0.2) is 90.0 Å². The number of likely N-dealkylation sites (tertiary alicyclic amines) is 2. The normalized spacial score (nSPS) is 14.2. The van der Waals surface area contributed by atoms with Gasteiger partial charge >= 0.3 is 41.7 Å². The molecular weight excluding hydrogens is 1300 g/mol. The number of carbonyl (C=O) groups excluding carboxylic acids is 4. The van der Waals surface area contributed by atoms with Gasteiger partial charge in [-0.25, -0.2) is 64.3 Å². The molecule has 20 nitrogen and oxygen atoms in total. The number of rotatable bonds is 7. The van der Waals surface area contributed by atoms with Crippen molar-refractivity contribution in [2.75, 3.05) is 38.7 Å². The minimum atomic E-state index is -3.52. The summed E-state index contributed by atoms with van der Waals surface area (Å²) in [5, 5.41) is 0.387. The molecule has 7 heterocycles. The van der Waals surface area contributed by atoms with Gasteiger partial charge in [-0.1, -0.05) is 34.8 Å². The average molecular weight is 1360 g/mol. The molecule has 82 heavy (non-hydrogen) atoms. The molecule has 7 aromatic rings. The van der Waals surface area contributed by atoms with Crippen molar-refractivity contribution in [3.05, 3.63) is 124 Å². The molecule has 0 unspecified atom stereocenters. The van der Waals surface area contributed by atoms with E-state index in [0.29, 0.717) is 63.8 Å². The Kier molecular flexibility index (Phi) is 24.5. The predicted octanol–water partition coefficient (Wildman–Crippen LogP) is 3.75. The van der Waals surface area contributed by atoms with Crippen LogP contribution in [0.1, 0.15) is 107 Å². The number of aryl methyl sites for hydroxylation is 2. The second-order valence-corrected chi connectivity index (χ2v) is 26.2. The molecule has 2 aromatic carbocycles. The molecule has 2 aliphatic heterocycles. The number of halogens is 6. The van der Waals surface area contributed by atoms with Gasteiger partial charge in [-0.2, -0.15) is 0 Å². The molecular formula is C53H63Cl3F2IN10NaO10S2. The molecule has 5 aromatic heterocycles. The molecule has 29 heteroatoms. The first-order chi connectivity index (χ1) is 37.3. The van der Waals surface area contributed by atoms with Crippen LogP contribution in [-0.2, 0) is 43.2 Å². The van der Waals surface area contributed by atoms with Crippen molar-refractivity contribution in [1.82, 2.24) is 43.4 Å². The standard InChI is InChI=1S/C24H26ClFN4O5S.C16H20ClFN4O2.C8H7ClO3S.C5H9N2.HI.Na.H/c1-24(2,3)35-23(32)29-9-7-14(8-10-29)30-12-18(26)19-20(27-13-28-22(19)30)21(31)16-6-5-15(11-17(16)25)36(4,33)34;1-16(2,3)24-15(23)21-6-4-10(5-7-21)22-8-11(18)12-13(17)19-9-20-14(12)22;1-13(11,12)7-3-2-6(5-10)8(9)4-7;1-6-3-4-7(2)5-6;;;/h5-6,11-14H,7-10H2,1-4H3;8-10H,4-7H2,1-3H3;2-5H,1H3;3-5H,1-2H3;1H;;/q;;;+1;;+1;-1/p-1. The molecule has 0 atom stereocenters. The number of hydrogen-bond donors (Lipinski definition) is 0. The number of ether oxygens (including phenoxy) is 2. The Balaban J connectivity index is 0.000000329. The molecule has 0 saturated carbocycles. The zero-order valence-electron chi connectivity index (χ0n) is 48.0. The van der Waals surface area contributed by atoms with Gasteiger partial charge in [-0.3, -0.25) is 9.59 Å². The summed E-state index contributed by atoms with van der Waals surface area (Å²) in [7, 11) is -2.77. The van der Waals surface area contributed by atoms with Gasteiger partial charge in [0, 0.05) is 74.3 Å². The number of amides is 2. The summed E-state index contributed by atoms with van der Waals surface area (Å²) in [6.45, 7) is 12.9. The molecule has 0 bridgehead atoms. The van der Waals surface area contributed by atoms with E-state index in [0.717, 1.165) is 12.5 Å². The molecule has 2 saturated heterocycles. The molecule has 0 aliphatic carbocycles.